The SMILES string of the molecule is CCc1ccc(C(O[Si](C(C)C)(C(C)C)C(C)C)c2cc(Br)ccc2CO[Si](C(C)C)(C(C)C)C(C)C)cc1. The van der Waals surface area contributed by atoms with E-state index in [4.69, 9.17) is 8.85 Å². The van der Waals surface area contributed by atoms with E-state index in [0.717, 1.165) is 10.9 Å². The van der Waals surface area contributed by atoms with Crippen molar-refractivity contribution in [1.82, 2.24) is 0 Å². The summed E-state index contributed by atoms with van der Waals surface area (Å²) in [6.07, 6.45) is 0.913. The highest BCUT2D eigenvalue weighted by atomic mass is 79.9. The van der Waals surface area contributed by atoms with Crippen LogP contribution in [-0.4, -0.2) is 16.6 Å². The summed E-state index contributed by atoms with van der Waals surface area (Å²) in [5.74, 6) is 0. The van der Waals surface area contributed by atoms with Crippen molar-refractivity contribution in [2.24, 2.45) is 0 Å². The quantitative estimate of drug-likeness (QED) is 0.193. The Labute approximate surface area is 252 Å². The fraction of sp³-hybridized carbons (Fsp3) is 0.647. The van der Waals surface area contributed by atoms with E-state index >= 15 is 0 Å². The smallest absolute Gasteiger partial charge is 0.201 e. The Morgan fingerprint density at radius 2 is 1.10 bits per heavy atom. The molecule has 0 bridgehead atoms. The first-order valence-corrected chi connectivity index (χ1v) is 20.4. The van der Waals surface area contributed by atoms with Crippen LogP contribution in [0.4, 0.5) is 0 Å². The maximum Gasteiger partial charge on any atom is 0.201 e. The average Bonchev–Trinajstić information content (AvgIpc) is 2.84. The molecule has 220 valence electrons. The van der Waals surface area contributed by atoms with Gasteiger partial charge in [0, 0.05) is 4.47 Å². The predicted octanol–water partition coefficient (Wildman–Crippen LogP) is 12.0. The lowest BCUT2D eigenvalue weighted by atomic mass is 9.96. The van der Waals surface area contributed by atoms with Crippen LogP contribution in [0.2, 0.25) is 33.2 Å². The maximum atomic E-state index is 7.61. The van der Waals surface area contributed by atoms with E-state index in [2.05, 4.69) is 148 Å². The van der Waals surface area contributed by atoms with Crippen LogP contribution in [0.5, 0.6) is 0 Å². The molecule has 0 N–H and O–H groups in total. The number of hydrogen-bond acceptors (Lipinski definition) is 2. The van der Waals surface area contributed by atoms with Crippen molar-refractivity contribution < 1.29 is 8.85 Å². The van der Waals surface area contributed by atoms with Crippen LogP contribution in [-0.2, 0) is 21.9 Å². The molecule has 0 spiro atoms. The molecule has 1 atom stereocenters. The van der Waals surface area contributed by atoms with Gasteiger partial charge in [-0.05, 0) is 74.1 Å². The fourth-order valence-corrected chi connectivity index (χ4v) is 18.8. The van der Waals surface area contributed by atoms with E-state index in [1.165, 1.54) is 22.3 Å². The van der Waals surface area contributed by atoms with Crippen molar-refractivity contribution in [3.05, 3.63) is 69.2 Å². The van der Waals surface area contributed by atoms with Gasteiger partial charge in [-0.2, -0.15) is 0 Å². The van der Waals surface area contributed by atoms with Gasteiger partial charge < -0.3 is 8.85 Å². The van der Waals surface area contributed by atoms with Crippen LogP contribution in [0, 0.1) is 0 Å². The van der Waals surface area contributed by atoms with Gasteiger partial charge >= 0.3 is 0 Å². The molecule has 0 amide bonds. The van der Waals surface area contributed by atoms with Crippen LogP contribution in [0.15, 0.2) is 46.9 Å². The summed E-state index contributed by atoms with van der Waals surface area (Å²) in [7, 11) is -4.20. The lowest BCUT2D eigenvalue weighted by Gasteiger charge is -2.45. The van der Waals surface area contributed by atoms with E-state index in [1.54, 1.807) is 0 Å². The first-order chi connectivity index (χ1) is 18.1. The van der Waals surface area contributed by atoms with Crippen molar-refractivity contribution in [3.8, 4) is 0 Å². The zero-order chi connectivity index (χ0) is 29.7. The van der Waals surface area contributed by atoms with E-state index in [9.17, 15) is 0 Å². The number of rotatable bonds is 14. The van der Waals surface area contributed by atoms with Gasteiger partial charge in [0.25, 0.3) is 0 Å². The van der Waals surface area contributed by atoms with Crippen LogP contribution in [0.3, 0.4) is 0 Å². The molecule has 0 saturated carbocycles. The summed E-state index contributed by atoms with van der Waals surface area (Å²) in [4.78, 5) is 0. The van der Waals surface area contributed by atoms with E-state index in [1.807, 2.05) is 0 Å². The largest absolute Gasteiger partial charge is 0.412 e. The summed E-state index contributed by atoms with van der Waals surface area (Å²) in [6.45, 7) is 31.3. The summed E-state index contributed by atoms with van der Waals surface area (Å²) in [6, 6.07) is 15.9. The lowest BCUT2D eigenvalue weighted by Crippen LogP contribution is -2.49. The molecule has 39 heavy (non-hydrogen) atoms. The van der Waals surface area contributed by atoms with Gasteiger partial charge in [-0.3, -0.25) is 0 Å². The van der Waals surface area contributed by atoms with Crippen molar-refractivity contribution in [3.63, 3.8) is 0 Å². The topological polar surface area (TPSA) is 18.5 Å². The zero-order valence-electron chi connectivity index (χ0n) is 27.2. The summed E-state index contributed by atoms with van der Waals surface area (Å²) in [5, 5.41) is 0. The Bertz CT molecular complexity index is 984. The summed E-state index contributed by atoms with van der Waals surface area (Å²) >= 11 is 3.81. The second-order valence-electron chi connectivity index (χ2n) is 13.4. The van der Waals surface area contributed by atoms with Crippen LogP contribution < -0.4 is 0 Å². The van der Waals surface area contributed by atoms with Gasteiger partial charge in [0.05, 0.1) is 12.7 Å². The third-order valence-electron chi connectivity index (χ3n) is 9.29. The van der Waals surface area contributed by atoms with Gasteiger partial charge in [-0.25, -0.2) is 0 Å². The van der Waals surface area contributed by atoms with Gasteiger partial charge in [0.1, 0.15) is 0 Å². The van der Waals surface area contributed by atoms with Crippen molar-refractivity contribution in [2.45, 2.75) is 142 Å². The molecule has 2 aromatic rings. The fourth-order valence-electron chi connectivity index (χ4n) is 7.50. The number of aryl methyl sites for hydroxylation is 1. The van der Waals surface area contributed by atoms with Crippen molar-refractivity contribution >= 4 is 32.6 Å². The number of halogens is 1. The van der Waals surface area contributed by atoms with Crippen molar-refractivity contribution in [2.75, 3.05) is 0 Å². The average molecular weight is 634 g/mol. The van der Waals surface area contributed by atoms with E-state index in [-0.39, 0.29) is 6.10 Å². The molecule has 2 rings (SSSR count). The Balaban J connectivity index is 2.74. The van der Waals surface area contributed by atoms with E-state index in [0.29, 0.717) is 39.9 Å². The first kappa shape index (κ1) is 34.5. The maximum absolute atomic E-state index is 7.61. The minimum Gasteiger partial charge on any atom is -0.412 e. The molecule has 0 aliphatic carbocycles. The molecular weight excluding hydrogens is 576 g/mol. The molecule has 1 unspecified atom stereocenters. The monoisotopic (exact) mass is 632 g/mol. The second kappa shape index (κ2) is 14.4. The summed E-state index contributed by atoms with van der Waals surface area (Å²) < 4.78 is 15.9. The molecule has 2 nitrogen and oxygen atoms in total. The third kappa shape index (κ3) is 7.38. The Morgan fingerprint density at radius 1 is 0.641 bits per heavy atom. The number of hydrogen-bond donors (Lipinski definition) is 0. The molecular formula is C34H57BrO2Si2. The van der Waals surface area contributed by atoms with Crippen LogP contribution in [0.1, 0.15) is 118 Å². The highest BCUT2D eigenvalue weighted by Gasteiger charge is 2.48. The zero-order valence-corrected chi connectivity index (χ0v) is 30.8. The van der Waals surface area contributed by atoms with Crippen LogP contribution in [0.25, 0.3) is 0 Å². The Morgan fingerprint density at radius 3 is 1.51 bits per heavy atom. The molecule has 0 saturated heterocycles. The molecule has 0 aromatic heterocycles. The molecule has 0 aliphatic heterocycles. The molecule has 0 fully saturated rings. The van der Waals surface area contributed by atoms with Gasteiger partial charge in [0.15, 0.2) is 0 Å². The molecule has 2 aromatic carbocycles. The number of benzene rings is 2. The van der Waals surface area contributed by atoms with Crippen LogP contribution >= 0.6 is 15.9 Å². The van der Waals surface area contributed by atoms with Crippen molar-refractivity contribution in [1.29, 1.82) is 0 Å². The lowest BCUT2D eigenvalue weighted by molar-refractivity contribution is 0.207. The Hall–Kier alpha value is -0.726. The van der Waals surface area contributed by atoms with E-state index < -0.39 is 16.6 Å². The minimum atomic E-state index is -2.18. The normalized spacial score (nSPS) is 14.1. The van der Waals surface area contributed by atoms with Gasteiger partial charge in [-0.1, -0.05) is 136 Å². The Kier molecular flexibility index (Phi) is 12.8. The molecule has 0 heterocycles. The highest BCUT2D eigenvalue weighted by molar-refractivity contribution is 9.10. The molecule has 0 aliphatic rings. The molecule has 0 radical (unpaired) electrons. The second-order valence-corrected chi connectivity index (χ2v) is 25.1. The minimum absolute atomic E-state index is 0.126. The van der Waals surface area contributed by atoms with Gasteiger partial charge in [0.2, 0.25) is 16.6 Å². The first-order valence-electron chi connectivity index (χ1n) is 15.3. The highest BCUT2D eigenvalue weighted by Crippen LogP contribution is 2.48. The predicted molar refractivity (Wildman–Crippen MR) is 180 cm³/mol. The molecule has 5 heteroatoms. The standard InChI is InChI=1S/C34H57BrO2Si2/c1-14-29-15-17-30(18-16-29)34(37-39(26(8)9,27(10)11)28(12)13)33-21-32(35)20-19-31(33)22-36-38(23(2)3,24(4)5)25(6)7/h15-21,23-28,34H,14,22H2,1-13H3. The van der Waals surface area contributed by atoms with Gasteiger partial charge in [-0.15, -0.1) is 0 Å². The summed E-state index contributed by atoms with van der Waals surface area (Å²) in [5.41, 5.74) is 8.25. The third-order valence-corrected chi connectivity index (χ3v) is 21.9.